The summed E-state index contributed by atoms with van der Waals surface area (Å²) >= 11 is 0. The fraction of sp³-hybridized carbons (Fsp3) is 0.588. The topological polar surface area (TPSA) is 23.6 Å². The van der Waals surface area contributed by atoms with Gasteiger partial charge in [0, 0.05) is 43.5 Å². The van der Waals surface area contributed by atoms with Crippen LogP contribution >= 0.6 is 0 Å². The maximum Gasteiger partial charge on any atom is 0.150 e. The highest BCUT2D eigenvalue weighted by molar-refractivity contribution is 5.79. The Kier molecular flexibility index (Phi) is 4.81. The molecule has 0 amide bonds. The fourth-order valence-electron chi connectivity index (χ4n) is 2.95. The SMILES string of the molecule is CC[C@@H](C)N1CCN(c2cc(C)c(C=O)cc2C)CC1. The van der Waals surface area contributed by atoms with Crippen molar-refractivity contribution in [2.45, 2.75) is 40.2 Å². The average molecular weight is 274 g/mol. The zero-order chi connectivity index (χ0) is 14.7. The van der Waals surface area contributed by atoms with Crippen molar-refractivity contribution in [3.8, 4) is 0 Å². The molecule has 1 heterocycles. The summed E-state index contributed by atoms with van der Waals surface area (Å²) in [4.78, 5) is 16.0. The number of aryl methyl sites for hydroxylation is 2. The Bertz CT molecular complexity index is 476. The van der Waals surface area contributed by atoms with Crippen LogP contribution in [-0.4, -0.2) is 43.4 Å². The normalized spacial score (nSPS) is 18.1. The van der Waals surface area contributed by atoms with Gasteiger partial charge in [0.2, 0.25) is 0 Å². The van der Waals surface area contributed by atoms with Gasteiger partial charge < -0.3 is 4.90 Å². The first-order chi connectivity index (χ1) is 9.56. The van der Waals surface area contributed by atoms with Gasteiger partial charge in [0.25, 0.3) is 0 Å². The van der Waals surface area contributed by atoms with Gasteiger partial charge in [0.1, 0.15) is 6.29 Å². The molecule has 1 aromatic rings. The molecule has 110 valence electrons. The van der Waals surface area contributed by atoms with E-state index in [9.17, 15) is 4.79 Å². The van der Waals surface area contributed by atoms with E-state index in [2.05, 4.69) is 36.6 Å². The minimum Gasteiger partial charge on any atom is -0.369 e. The lowest BCUT2D eigenvalue weighted by Gasteiger charge is -2.39. The maximum absolute atomic E-state index is 11.0. The highest BCUT2D eigenvalue weighted by Crippen LogP contribution is 2.25. The van der Waals surface area contributed by atoms with Gasteiger partial charge in [-0.2, -0.15) is 0 Å². The van der Waals surface area contributed by atoms with Crippen LogP contribution in [0.3, 0.4) is 0 Å². The molecular weight excluding hydrogens is 248 g/mol. The van der Waals surface area contributed by atoms with E-state index in [1.807, 2.05) is 13.0 Å². The van der Waals surface area contributed by atoms with Crippen LogP contribution in [0.4, 0.5) is 5.69 Å². The van der Waals surface area contributed by atoms with Crippen molar-refractivity contribution in [1.82, 2.24) is 4.90 Å². The Hall–Kier alpha value is -1.35. The standard InChI is InChI=1S/C17H26N2O/c1-5-15(4)18-6-8-19(9-7-18)17-11-13(2)16(12-20)10-14(17)3/h10-12,15H,5-9H2,1-4H3/t15-/m1/s1. The molecule has 1 fully saturated rings. The number of piperazine rings is 1. The molecule has 1 aromatic carbocycles. The number of nitrogens with zero attached hydrogens (tertiary/aromatic N) is 2. The highest BCUT2D eigenvalue weighted by atomic mass is 16.1. The first-order valence-corrected chi connectivity index (χ1v) is 7.62. The zero-order valence-electron chi connectivity index (χ0n) is 13.1. The van der Waals surface area contributed by atoms with Crippen LogP contribution in [-0.2, 0) is 0 Å². The van der Waals surface area contributed by atoms with Gasteiger partial charge >= 0.3 is 0 Å². The molecular formula is C17H26N2O. The predicted molar refractivity (Wildman–Crippen MR) is 84.8 cm³/mol. The molecule has 0 bridgehead atoms. The van der Waals surface area contributed by atoms with E-state index in [0.29, 0.717) is 6.04 Å². The predicted octanol–water partition coefficient (Wildman–Crippen LogP) is 3.04. The quantitative estimate of drug-likeness (QED) is 0.789. The largest absolute Gasteiger partial charge is 0.369 e. The molecule has 1 aliphatic heterocycles. The van der Waals surface area contributed by atoms with Gasteiger partial charge in [-0.05, 0) is 50.5 Å². The summed E-state index contributed by atoms with van der Waals surface area (Å²) in [5.41, 5.74) is 4.38. The van der Waals surface area contributed by atoms with Crippen LogP contribution in [0.15, 0.2) is 12.1 Å². The number of hydrogen-bond acceptors (Lipinski definition) is 3. The van der Waals surface area contributed by atoms with Crippen molar-refractivity contribution < 1.29 is 4.79 Å². The Morgan fingerprint density at radius 3 is 2.35 bits per heavy atom. The lowest BCUT2D eigenvalue weighted by atomic mass is 10.0. The number of rotatable bonds is 4. The smallest absolute Gasteiger partial charge is 0.150 e. The van der Waals surface area contributed by atoms with Crippen molar-refractivity contribution >= 4 is 12.0 Å². The van der Waals surface area contributed by atoms with E-state index in [1.54, 1.807) is 0 Å². The van der Waals surface area contributed by atoms with E-state index >= 15 is 0 Å². The third-order valence-corrected chi connectivity index (χ3v) is 4.58. The summed E-state index contributed by atoms with van der Waals surface area (Å²) in [5.74, 6) is 0. The molecule has 20 heavy (non-hydrogen) atoms. The minimum absolute atomic E-state index is 0.678. The molecule has 1 aliphatic rings. The molecule has 3 heteroatoms. The number of aldehydes is 1. The monoisotopic (exact) mass is 274 g/mol. The average Bonchev–Trinajstić information content (AvgIpc) is 2.48. The Balaban J connectivity index is 2.11. The van der Waals surface area contributed by atoms with Gasteiger partial charge in [-0.1, -0.05) is 6.92 Å². The van der Waals surface area contributed by atoms with Crippen LogP contribution in [0.1, 0.15) is 41.8 Å². The molecule has 0 unspecified atom stereocenters. The molecule has 1 saturated heterocycles. The zero-order valence-corrected chi connectivity index (χ0v) is 13.1. The second-order valence-corrected chi connectivity index (χ2v) is 5.89. The van der Waals surface area contributed by atoms with Crippen molar-refractivity contribution in [1.29, 1.82) is 0 Å². The number of anilines is 1. The molecule has 0 N–H and O–H groups in total. The summed E-state index contributed by atoms with van der Waals surface area (Å²) in [7, 11) is 0. The lowest BCUT2D eigenvalue weighted by molar-refractivity contribution is 0.112. The van der Waals surface area contributed by atoms with E-state index in [0.717, 1.165) is 43.6 Å². The Morgan fingerprint density at radius 1 is 1.15 bits per heavy atom. The first kappa shape index (κ1) is 15.0. The van der Waals surface area contributed by atoms with E-state index in [-0.39, 0.29) is 0 Å². The van der Waals surface area contributed by atoms with Crippen LogP contribution in [0.2, 0.25) is 0 Å². The molecule has 0 aliphatic carbocycles. The Labute approximate surface area is 122 Å². The third-order valence-electron chi connectivity index (χ3n) is 4.58. The number of carbonyl (C=O) groups excluding carboxylic acids is 1. The molecule has 0 spiro atoms. The summed E-state index contributed by atoms with van der Waals surface area (Å²) in [6.45, 7) is 13.1. The van der Waals surface area contributed by atoms with Crippen molar-refractivity contribution in [3.05, 3.63) is 28.8 Å². The van der Waals surface area contributed by atoms with E-state index < -0.39 is 0 Å². The number of hydrogen-bond donors (Lipinski definition) is 0. The molecule has 3 nitrogen and oxygen atoms in total. The summed E-state index contributed by atoms with van der Waals surface area (Å²) in [5, 5.41) is 0. The van der Waals surface area contributed by atoms with Gasteiger partial charge in [0.15, 0.2) is 0 Å². The molecule has 2 rings (SSSR count). The van der Waals surface area contributed by atoms with Crippen molar-refractivity contribution in [3.63, 3.8) is 0 Å². The van der Waals surface area contributed by atoms with Gasteiger partial charge in [0.05, 0.1) is 0 Å². The number of carbonyl (C=O) groups is 1. The molecule has 0 radical (unpaired) electrons. The number of benzene rings is 1. The summed E-state index contributed by atoms with van der Waals surface area (Å²) in [6.07, 6.45) is 2.17. The van der Waals surface area contributed by atoms with Crippen LogP contribution in [0.5, 0.6) is 0 Å². The highest BCUT2D eigenvalue weighted by Gasteiger charge is 2.21. The van der Waals surface area contributed by atoms with Crippen LogP contribution in [0.25, 0.3) is 0 Å². The molecule has 1 atom stereocenters. The van der Waals surface area contributed by atoms with E-state index in [4.69, 9.17) is 0 Å². The van der Waals surface area contributed by atoms with Crippen molar-refractivity contribution in [2.75, 3.05) is 31.1 Å². The second-order valence-electron chi connectivity index (χ2n) is 5.89. The van der Waals surface area contributed by atoms with Gasteiger partial charge in [-0.3, -0.25) is 9.69 Å². The third kappa shape index (κ3) is 3.04. The molecule has 0 aromatic heterocycles. The first-order valence-electron chi connectivity index (χ1n) is 7.62. The fourth-order valence-corrected chi connectivity index (χ4v) is 2.95. The Morgan fingerprint density at radius 2 is 1.80 bits per heavy atom. The lowest BCUT2D eigenvalue weighted by Crippen LogP contribution is -2.49. The summed E-state index contributed by atoms with van der Waals surface area (Å²) < 4.78 is 0. The minimum atomic E-state index is 0.678. The van der Waals surface area contributed by atoms with Crippen LogP contribution < -0.4 is 4.90 Å². The van der Waals surface area contributed by atoms with Crippen molar-refractivity contribution in [2.24, 2.45) is 0 Å². The van der Waals surface area contributed by atoms with Gasteiger partial charge in [-0.25, -0.2) is 0 Å². The van der Waals surface area contributed by atoms with Gasteiger partial charge in [-0.15, -0.1) is 0 Å². The van der Waals surface area contributed by atoms with E-state index in [1.165, 1.54) is 17.7 Å². The summed E-state index contributed by atoms with van der Waals surface area (Å²) in [6, 6.07) is 4.86. The maximum atomic E-state index is 11.0. The van der Waals surface area contributed by atoms with Crippen LogP contribution in [0, 0.1) is 13.8 Å². The molecule has 0 saturated carbocycles. The second kappa shape index (κ2) is 6.40.